The van der Waals surface area contributed by atoms with E-state index >= 15 is 0 Å². The van der Waals surface area contributed by atoms with Crippen molar-refractivity contribution >= 4 is 0 Å². The number of aryl methyl sites for hydroxylation is 1. The van der Waals surface area contributed by atoms with Crippen LogP contribution < -0.4 is 5.32 Å². The third-order valence-electron chi connectivity index (χ3n) is 3.24. The highest BCUT2D eigenvalue weighted by molar-refractivity contribution is 5.28. The minimum Gasteiger partial charge on any atom is -0.313 e. The Hall–Kier alpha value is -1.81. The van der Waals surface area contributed by atoms with Gasteiger partial charge in [0, 0.05) is 18.4 Å². The first-order chi connectivity index (χ1) is 9.13. The lowest BCUT2D eigenvalue weighted by Gasteiger charge is -2.19. The highest BCUT2D eigenvalue weighted by Crippen LogP contribution is 2.22. The molecule has 100 valence electrons. The molecule has 0 amide bonds. The number of nitrogens with one attached hydrogen (secondary N) is 1. The van der Waals surface area contributed by atoms with Crippen molar-refractivity contribution in [3.8, 4) is 0 Å². The average molecular weight is 262 g/mol. The number of aromatic nitrogens is 1. The van der Waals surface area contributed by atoms with Crippen molar-refractivity contribution < 1.29 is 8.78 Å². The first-order valence-corrected chi connectivity index (χ1v) is 6.14. The van der Waals surface area contributed by atoms with Crippen molar-refractivity contribution in [3.05, 3.63) is 65.0 Å². The molecule has 1 unspecified atom stereocenters. The largest absolute Gasteiger partial charge is 0.313 e. The summed E-state index contributed by atoms with van der Waals surface area (Å²) in [6, 6.07) is 6.09. The minimum absolute atomic E-state index is 0.0701. The van der Waals surface area contributed by atoms with Gasteiger partial charge in [0.2, 0.25) is 0 Å². The molecule has 1 atom stereocenters. The zero-order chi connectivity index (χ0) is 13.8. The summed E-state index contributed by atoms with van der Waals surface area (Å²) < 4.78 is 26.9. The quantitative estimate of drug-likeness (QED) is 0.915. The predicted molar refractivity (Wildman–Crippen MR) is 70.8 cm³/mol. The maximum absolute atomic E-state index is 13.7. The van der Waals surface area contributed by atoms with Crippen LogP contribution in [0.3, 0.4) is 0 Å². The summed E-state index contributed by atoms with van der Waals surface area (Å²) in [5.41, 5.74) is 2.44. The smallest absolute Gasteiger partial charge is 0.162 e. The Kier molecular flexibility index (Phi) is 4.22. The molecule has 0 aliphatic heterocycles. The van der Waals surface area contributed by atoms with Gasteiger partial charge in [-0.05, 0) is 49.2 Å². The van der Waals surface area contributed by atoms with Crippen molar-refractivity contribution in [2.75, 3.05) is 7.05 Å². The number of hydrogen-bond donors (Lipinski definition) is 1. The van der Waals surface area contributed by atoms with Crippen LogP contribution in [0, 0.1) is 18.6 Å². The Balaban J connectivity index is 2.30. The second kappa shape index (κ2) is 5.89. The third-order valence-corrected chi connectivity index (χ3v) is 3.24. The zero-order valence-corrected chi connectivity index (χ0v) is 11.0. The molecule has 0 aliphatic carbocycles. The standard InChI is InChI=1S/C15H16F2N2/c1-10-9-19-7-6-12(10)14(18-2)8-11-4-3-5-13(16)15(11)17/h3-7,9,14,18H,8H2,1-2H3. The molecule has 0 aliphatic rings. The lowest BCUT2D eigenvalue weighted by molar-refractivity contribution is 0.486. The Morgan fingerprint density at radius 1 is 1.26 bits per heavy atom. The van der Waals surface area contributed by atoms with Gasteiger partial charge in [0.05, 0.1) is 0 Å². The Bertz CT molecular complexity index is 570. The van der Waals surface area contributed by atoms with E-state index in [0.717, 1.165) is 17.2 Å². The van der Waals surface area contributed by atoms with E-state index in [2.05, 4.69) is 10.3 Å². The predicted octanol–water partition coefficient (Wildman–Crippen LogP) is 3.17. The monoisotopic (exact) mass is 262 g/mol. The molecule has 0 bridgehead atoms. The molecule has 19 heavy (non-hydrogen) atoms. The Labute approximate surface area is 111 Å². The number of nitrogens with zero attached hydrogens (tertiary/aromatic N) is 1. The fourth-order valence-corrected chi connectivity index (χ4v) is 2.17. The summed E-state index contributed by atoms with van der Waals surface area (Å²) >= 11 is 0. The van der Waals surface area contributed by atoms with Crippen LogP contribution in [0.4, 0.5) is 8.78 Å². The molecule has 1 heterocycles. The minimum atomic E-state index is -0.807. The van der Waals surface area contributed by atoms with Gasteiger partial charge in [-0.2, -0.15) is 0 Å². The van der Waals surface area contributed by atoms with E-state index in [-0.39, 0.29) is 6.04 Å². The maximum atomic E-state index is 13.7. The first kappa shape index (κ1) is 13.6. The average Bonchev–Trinajstić information content (AvgIpc) is 2.41. The number of rotatable bonds is 4. The molecule has 0 radical (unpaired) electrons. The molecule has 4 heteroatoms. The molecule has 0 spiro atoms. The number of benzene rings is 1. The van der Waals surface area contributed by atoms with E-state index in [9.17, 15) is 8.78 Å². The lowest BCUT2D eigenvalue weighted by Crippen LogP contribution is -2.20. The third kappa shape index (κ3) is 2.96. The zero-order valence-electron chi connectivity index (χ0n) is 11.0. The number of hydrogen-bond acceptors (Lipinski definition) is 2. The van der Waals surface area contributed by atoms with Crippen molar-refractivity contribution in [1.82, 2.24) is 10.3 Å². The van der Waals surface area contributed by atoms with Crippen molar-refractivity contribution in [2.45, 2.75) is 19.4 Å². The van der Waals surface area contributed by atoms with Crippen LogP contribution in [-0.2, 0) is 6.42 Å². The molecule has 1 N–H and O–H groups in total. The maximum Gasteiger partial charge on any atom is 0.162 e. The van der Waals surface area contributed by atoms with E-state index in [1.165, 1.54) is 6.07 Å². The van der Waals surface area contributed by atoms with Crippen LogP contribution in [0.1, 0.15) is 22.7 Å². The van der Waals surface area contributed by atoms with Crippen molar-refractivity contribution in [1.29, 1.82) is 0 Å². The molecule has 1 aromatic carbocycles. The highest BCUT2D eigenvalue weighted by atomic mass is 19.2. The van der Waals surface area contributed by atoms with Crippen LogP contribution >= 0.6 is 0 Å². The van der Waals surface area contributed by atoms with Crippen LogP contribution in [0.5, 0.6) is 0 Å². The molecule has 1 aromatic heterocycles. The molecule has 0 saturated heterocycles. The number of halogens is 2. The summed E-state index contributed by atoms with van der Waals surface area (Å²) in [7, 11) is 1.81. The van der Waals surface area contributed by atoms with Crippen LogP contribution in [-0.4, -0.2) is 12.0 Å². The number of pyridine rings is 1. The van der Waals surface area contributed by atoms with Gasteiger partial charge in [-0.25, -0.2) is 8.78 Å². The summed E-state index contributed by atoms with van der Waals surface area (Å²) in [4.78, 5) is 4.04. The molecule has 0 saturated carbocycles. The van der Waals surface area contributed by atoms with Crippen molar-refractivity contribution in [3.63, 3.8) is 0 Å². The molecular weight excluding hydrogens is 246 g/mol. The summed E-state index contributed by atoms with van der Waals surface area (Å²) in [5, 5.41) is 3.14. The summed E-state index contributed by atoms with van der Waals surface area (Å²) in [6.45, 7) is 1.95. The molecule has 0 fully saturated rings. The lowest BCUT2D eigenvalue weighted by atomic mass is 9.96. The first-order valence-electron chi connectivity index (χ1n) is 6.14. The fourth-order valence-electron chi connectivity index (χ4n) is 2.17. The van der Waals surface area contributed by atoms with Gasteiger partial charge in [-0.1, -0.05) is 12.1 Å². The van der Waals surface area contributed by atoms with Gasteiger partial charge < -0.3 is 5.32 Å². The van der Waals surface area contributed by atoms with E-state index < -0.39 is 11.6 Å². The van der Waals surface area contributed by atoms with E-state index in [0.29, 0.717) is 12.0 Å². The van der Waals surface area contributed by atoms with Gasteiger partial charge in [-0.15, -0.1) is 0 Å². The van der Waals surface area contributed by atoms with E-state index in [4.69, 9.17) is 0 Å². The summed E-state index contributed by atoms with van der Waals surface area (Å²) in [6.07, 6.45) is 3.86. The van der Waals surface area contributed by atoms with Crippen LogP contribution in [0.25, 0.3) is 0 Å². The fraction of sp³-hybridized carbons (Fsp3) is 0.267. The van der Waals surface area contributed by atoms with Gasteiger partial charge in [-0.3, -0.25) is 4.98 Å². The second-order valence-corrected chi connectivity index (χ2v) is 4.49. The van der Waals surface area contributed by atoms with Crippen molar-refractivity contribution in [2.24, 2.45) is 0 Å². The van der Waals surface area contributed by atoms with Crippen LogP contribution in [0.15, 0.2) is 36.7 Å². The van der Waals surface area contributed by atoms with Crippen LogP contribution in [0.2, 0.25) is 0 Å². The van der Waals surface area contributed by atoms with Gasteiger partial charge in [0.1, 0.15) is 0 Å². The topological polar surface area (TPSA) is 24.9 Å². The highest BCUT2D eigenvalue weighted by Gasteiger charge is 2.16. The molecular formula is C15H16F2N2. The number of likely N-dealkylation sites (N-methyl/N-ethyl adjacent to an activating group) is 1. The van der Waals surface area contributed by atoms with E-state index in [1.807, 2.05) is 20.0 Å². The SMILES string of the molecule is CNC(Cc1cccc(F)c1F)c1ccncc1C. The molecule has 2 nitrogen and oxygen atoms in total. The van der Waals surface area contributed by atoms with E-state index in [1.54, 1.807) is 18.5 Å². The Morgan fingerprint density at radius 3 is 2.74 bits per heavy atom. The second-order valence-electron chi connectivity index (χ2n) is 4.49. The van der Waals surface area contributed by atoms with Gasteiger partial charge in [0.25, 0.3) is 0 Å². The Morgan fingerprint density at radius 2 is 2.05 bits per heavy atom. The molecule has 2 aromatic rings. The normalized spacial score (nSPS) is 12.4. The summed E-state index contributed by atoms with van der Waals surface area (Å²) in [5.74, 6) is -1.58. The van der Waals surface area contributed by atoms with Gasteiger partial charge >= 0.3 is 0 Å². The van der Waals surface area contributed by atoms with Gasteiger partial charge in [0.15, 0.2) is 11.6 Å². The molecule has 2 rings (SSSR count).